The number of ether oxygens (including phenoxy) is 1. The Hall–Kier alpha value is -2.20. The number of rotatable bonds is 5. The van der Waals surface area contributed by atoms with Gasteiger partial charge in [-0.2, -0.15) is 0 Å². The molecule has 0 atom stereocenters. The summed E-state index contributed by atoms with van der Waals surface area (Å²) in [5.41, 5.74) is 8.28. The first-order valence-electron chi connectivity index (χ1n) is 7.88. The zero-order chi connectivity index (χ0) is 17.9. The lowest BCUT2D eigenvalue weighted by atomic mass is 10.0. The molecule has 0 aliphatic rings. The summed E-state index contributed by atoms with van der Waals surface area (Å²) < 4.78 is 5.83. The van der Waals surface area contributed by atoms with Crippen LogP contribution in [0, 0.1) is 6.92 Å². The monoisotopic (exact) mass is 346 g/mol. The lowest BCUT2D eigenvalue weighted by Gasteiger charge is -2.26. The van der Waals surface area contributed by atoms with Gasteiger partial charge in [-0.15, -0.1) is 0 Å². The van der Waals surface area contributed by atoms with Crippen molar-refractivity contribution in [2.45, 2.75) is 39.7 Å². The normalized spacial score (nSPS) is 11.2. The van der Waals surface area contributed by atoms with Crippen molar-refractivity contribution in [1.29, 1.82) is 0 Å². The van der Waals surface area contributed by atoms with Crippen molar-refractivity contribution in [2.75, 3.05) is 11.1 Å². The molecule has 0 saturated carbocycles. The van der Waals surface area contributed by atoms with Crippen LogP contribution >= 0.6 is 11.6 Å². The van der Waals surface area contributed by atoms with E-state index in [-0.39, 0.29) is 5.91 Å². The standard InChI is InChI=1S/C19H23ClN2O2/c1-5-13-11-15(21)10-12(2)17(13)22-18(23)19(3,4)24-16-8-6-14(20)7-9-16/h6-11H,5,21H2,1-4H3,(H,22,23). The smallest absolute Gasteiger partial charge is 0.267 e. The third-order valence-electron chi connectivity index (χ3n) is 3.79. The fourth-order valence-electron chi connectivity index (χ4n) is 2.46. The SMILES string of the molecule is CCc1cc(N)cc(C)c1NC(=O)C(C)(C)Oc1ccc(Cl)cc1. The van der Waals surface area contributed by atoms with E-state index in [2.05, 4.69) is 5.32 Å². The van der Waals surface area contributed by atoms with Crippen LogP contribution in [0.2, 0.25) is 5.02 Å². The van der Waals surface area contributed by atoms with Crippen LogP contribution in [0.3, 0.4) is 0 Å². The average Bonchev–Trinajstić information content (AvgIpc) is 2.51. The number of carbonyl (C=O) groups is 1. The number of benzene rings is 2. The Morgan fingerprint density at radius 2 is 1.88 bits per heavy atom. The fraction of sp³-hybridized carbons (Fsp3) is 0.316. The first-order valence-corrected chi connectivity index (χ1v) is 8.25. The van der Waals surface area contributed by atoms with Crippen molar-refractivity contribution < 1.29 is 9.53 Å². The van der Waals surface area contributed by atoms with Crippen molar-refractivity contribution in [3.05, 3.63) is 52.5 Å². The highest BCUT2D eigenvalue weighted by atomic mass is 35.5. The zero-order valence-corrected chi connectivity index (χ0v) is 15.2. The molecular weight excluding hydrogens is 324 g/mol. The molecule has 3 N–H and O–H groups in total. The summed E-state index contributed by atoms with van der Waals surface area (Å²) in [6.07, 6.45) is 0.778. The molecule has 5 heteroatoms. The van der Waals surface area contributed by atoms with Gasteiger partial charge in [-0.05, 0) is 74.7 Å². The number of amides is 1. The first-order chi connectivity index (χ1) is 11.2. The molecule has 2 aromatic rings. The van der Waals surface area contributed by atoms with E-state index in [1.54, 1.807) is 38.1 Å². The molecule has 0 aromatic heterocycles. The molecule has 128 valence electrons. The number of nitrogens with two attached hydrogens (primary N) is 1. The summed E-state index contributed by atoms with van der Waals surface area (Å²) in [5, 5.41) is 3.60. The second-order valence-electron chi connectivity index (χ2n) is 6.25. The molecule has 24 heavy (non-hydrogen) atoms. The van der Waals surface area contributed by atoms with Crippen molar-refractivity contribution in [3.63, 3.8) is 0 Å². The van der Waals surface area contributed by atoms with Crippen molar-refractivity contribution in [3.8, 4) is 5.75 Å². The van der Waals surface area contributed by atoms with Crippen LogP contribution in [0.4, 0.5) is 11.4 Å². The minimum absolute atomic E-state index is 0.222. The molecular formula is C19H23ClN2O2. The number of anilines is 2. The van der Waals surface area contributed by atoms with Crippen molar-refractivity contribution >= 4 is 28.9 Å². The van der Waals surface area contributed by atoms with Gasteiger partial charge in [-0.3, -0.25) is 4.79 Å². The molecule has 0 radical (unpaired) electrons. The number of hydrogen-bond acceptors (Lipinski definition) is 3. The predicted octanol–water partition coefficient (Wildman–Crippen LogP) is 4.59. The summed E-state index contributed by atoms with van der Waals surface area (Å²) in [4.78, 5) is 12.7. The Labute approximate surface area is 148 Å². The Kier molecular flexibility index (Phi) is 5.40. The summed E-state index contributed by atoms with van der Waals surface area (Å²) in [6, 6.07) is 10.7. The van der Waals surface area contributed by atoms with E-state index < -0.39 is 5.60 Å². The zero-order valence-electron chi connectivity index (χ0n) is 14.4. The Morgan fingerprint density at radius 3 is 2.46 bits per heavy atom. The van der Waals surface area contributed by atoms with Gasteiger partial charge in [0.15, 0.2) is 5.60 Å². The van der Waals surface area contributed by atoms with Gasteiger partial charge in [-0.1, -0.05) is 18.5 Å². The molecule has 0 bridgehead atoms. The van der Waals surface area contributed by atoms with E-state index in [1.165, 1.54) is 0 Å². The van der Waals surface area contributed by atoms with Gasteiger partial charge in [0, 0.05) is 16.4 Å². The summed E-state index contributed by atoms with van der Waals surface area (Å²) in [7, 11) is 0. The van der Waals surface area contributed by atoms with Crippen molar-refractivity contribution in [1.82, 2.24) is 0 Å². The van der Waals surface area contributed by atoms with Gasteiger partial charge in [0.05, 0.1) is 0 Å². The maximum Gasteiger partial charge on any atom is 0.267 e. The largest absolute Gasteiger partial charge is 0.478 e. The van der Waals surface area contributed by atoms with E-state index in [0.29, 0.717) is 16.5 Å². The molecule has 0 saturated heterocycles. The minimum atomic E-state index is -1.04. The van der Waals surface area contributed by atoms with Crippen LogP contribution in [-0.4, -0.2) is 11.5 Å². The Morgan fingerprint density at radius 1 is 1.25 bits per heavy atom. The number of nitrogens with one attached hydrogen (secondary N) is 1. The molecule has 0 spiro atoms. The topological polar surface area (TPSA) is 64.3 Å². The van der Waals surface area contributed by atoms with E-state index in [9.17, 15) is 4.79 Å². The lowest BCUT2D eigenvalue weighted by Crippen LogP contribution is -2.42. The number of carbonyl (C=O) groups excluding carboxylic acids is 1. The van der Waals surface area contributed by atoms with Crippen LogP contribution < -0.4 is 15.8 Å². The molecule has 0 fully saturated rings. The Balaban J connectivity index is 2.20. The fourth-order valence-corrected chi connectivity index (χ4v) is 2.58. The van der Waals surface area contributed by atoms with Gasteiger partial charge >= 0.3 is 0 Å². The van der Waals surface area contributed by atoms with Crippen LogP contribution in [0.1, 0.15) is 31.9 Å². The maximum absolute atomic E-state index is 12.7. The number of hydrogen-bond donors (Lipinski definition) is 2. The van der Waals surface area contributed by atoms with E-state index >= 15 is 0 Å². The third-order valence-corrected chi connectivity index (χ3v) is 4.04. The number of aryl methyl sites for hydroxylation is 2. The third kappa shape index (κ3) is 4.20. The maximum atomic E-state index is 12.7. The number of halogens is 1. The molecule has 1 amide bonds. The molecule has 0 unspecified atom stereocenters. The van der Waals surface area contributed by atoms with E-state index in [1.807, 2.05) is 26.0 Å². The molecule has 0 aliphatic heterocycles. The van der Waals surface area contributed by atoms with Gasteiger partial charge < -0.3 is 15.8 Å². The molecule has 2 rings (SSSR count). The quantitative estimate of drug-likeness (QED) is 0.778. The predicted molar refractivity (Wildman–Crippen MR) is 99.8 cm³/mol. The minimum Gasteiger partial charge on any atom is -0.478 e. The highest BCUT2D eigenvalue weighted by Gasteiger charge is 2.30. The van der Waals surface area contributed by atoms with Crippen molar-refractivity contribution in [2.24, 2.45) is 0 Å². The van der Waals surface area contributed by atoms with E-state index in [4.69, 9.17) is 22.1 Å². The van der Waals surface area contributed by atoms with Crippen LogP contribution in [-0.2, 0) is 11.2 Å². The van der Waals surface area contributed by atoms with Gasteiger partial charge in [-0.25, -0.2) is 0 Å². The molecule has 0 heterocycles. The first kappa shape index (κ1) is 18.1. The average molecular weight is 347 g/mol. The molecule has 4 nitrogen and oxygen atoms in total. The second-order valence-corrected chi connectivity index (χ2v) is 6.68. The molecule has 0 aliphatic carbocycles. The van der Waals surface area contributed by atoms with Crippen LogP contribution in [0.25, 0.3) is 0 Å². The highest BCUT2D eigenvalue weighted by molar-refractivity contribution is 6.30. The van der Waals surface area contributed by atoms with Gasteiger partial charge in [0.1, 0.15) is 5.75 Å². The summed E-state index contributed by atoms with van der Waals surface area (Å²) >= 11 is 5.87. The van der Waals surface area contributed by atoms with Crippen LogP contribution in [0.5, 0.6) is 5.75 Å². The van der Waals surface area contributed by atoms with Gasteiger partial charge in [0.25, 0.3) is 5.91 Å². The molecule has 2 aromatic carbocycles. The Bertz CT molecular complexity index is 740. The second kappa shape index (κ2) is 7.14. The van der Waals surface area contributed by atoms with Crippen LogP contribution in [0.15, 0.2) is 36.4 Å². The van der Waals surface area contributed by atoms with E-state index in [0.717, 1.165) is 23.2 Å². The summed E-state index contributed by atoms with van der Waals surface area (Å²) in [5.74, 6) is 0.365. The lowest BCUT2D eigenvalue weighted by molar-refractivity contribution is -0.128. The number of nitrogen functional groups attached to an aromatic ring is 1. The summed E-state index contributed by atoms with van der Waals surface area (Å²) in [6.45, 7) is 7.42. The highest BCUT2D eigenvalue weighted by Crippen LogP contribution is 2.27. The van der Waals surface area contributed by atoms with Gasteiger partial charge in [0.2, 0.25) is 0 Å².